The highest BCUT2D eigenvalue weighted by molar-refractivity contribution is 6.31. The summed E-state index contributed by atoms with van der Waals surface area (Å²) in [6.45, 7) is 5.14. The Morgan fingerprint density at radius 3 is 2.86 bits per heavy atom. The summed E-state index contributed by atoms with van der Waals surface area (Å²) in [7, 11) is 4.19. The molecule has 1 heterocycles. The van der Waals surface area contributed by atoms with Gasteiger partial charge < -0.3 is 10.2 Å². The molecule has 0 amide bonds. The first-order valence-corrected chi connectivity index (χ1v) is 8.59. The fourth-order valence-electron chi connectivity index (χ4n) is 3.33. The van der Waals surface area contributed by atoms with Gasteiger partial charge in [-0.1, -0.05) is 31.4 Å². The molecular formula is C16H29ClN4. The summed E-state index contributed by atoms with van der Waals surface area (Å²) in [5, 5.41) is 8.97. The van der Waals surface area contributed by atoms with Gasteiger partial charge in [0.15, 0.2) is 0 Å². The van der Waals surface area contributed by atoms with E-state index in [1.165, 1.54) is 37.8 Å². The van der Waals surface area contributed by atoms with E-state index in [1.807, 2.05) is 6.20 Å². The zero-order valence-corrected chi connectivity index (χ0v) is 14.4. The first-order valence-electron chi connectivity index (χ1n) is 8.21. The largest absolute Gasteiger partial charge is 0.314 e. The molecule has 0 radical (unpaired) electrons. The fourth-order valence-corrected chi connectivity index (χ4v) is 3.63. The van der Waals surface area contributed by atoms with Crippen LogP contribution >= 0.6 is 11.6 Å². The zero-order valence-electron chi connectivity index (χ0n) is 13.6. The summed E-state index contributed by atoms with van der Waals surface area (Å²) in [4.78, 5) is 2.19. The van der Waals surface area contributed by atoms with Gasteiger partial charge in [0.1, 0.15) is 0 Å². The summed E-state index contributed by atoms with van der Waals surface area (Å²) in [6.07, 6.45) is 8.13. The molecule has 0 aromatic carbocycles. The highest BCUT2D eigenvalue weighted by Gasteiger charge is 2.25. The molecule has 0 aliphatic heterocycles. The zero-order chi connectivity index (χ0) is 15.2. The maximum Gasteiger partial charge on any atom is 0.0820 e. The van der Waals surface area contributed by atoms with Gasteiger partial charge in [0, 0.05) is 18.5 Å². The number of hydrogen-bond donors (Lipinski definition) is 1. The van der Waals surface area contributed by atoms with Crippen LogP contribution in [-0.4, -0.2) is 47.9 Å². The van der Waals surface area contributed by atoms with Crippen LogP contribution in [0.3, 0.4) is 0 Å². The lowest BCUT2D eigenvalue weighted by Crippen LogP contribution is -2.30. The Hall–Kier alpha value is -0.580. The number of nitrogens with one attached hydrogen (secondary N) is 1. The maximum atomic E-state index is 6.45. The van der Waals surface area contributed by atoms with Gasteiger partial charge in [-0.15, -0.1) is 0 Å². The summed E-state index contributed by atoms with van der Waals surface area (Å²) < 4.78 is 2.13. The van der Waals surface area contributed by atoms with Crippen molar-refractivity contribution >= 4 is 11.6 Å². The lowest BCUT2D eigenvalue weighted by Gasteiger charge is -2.22. The molecule has 1 aliphatic rings. The highest BCUT2D eigenvalue weighted by atomic mass is 35.5. The second-order valence-corrected chi connectivity index (χ2v) is 6.78. The standard InChI is InChI=1S/C16H29ClN4/c1-4-18-14-8-6-5-7-13(11-14)16-15(17)12-19-21(16)10-9-20(2)3/h12-14,18H,4-11H2,1-3H3. The van der Waals surface area contributed by atoms with Crippen LogP contribution in [0, 0.1) is 0 Å². The maximum absolute atomic E-state index is 6.45. The molecule has 1 aromatic heterocycles. The Bertz CT molecular complexity index is 430. The molecule has 2 unspecified atom stereocenters. The first-order chi connectivity index (χ1) is 10.1. The van der Waals surface area contributed by atoms with E-state index in [2.05, 4.69) is 41.0 Å². The molecule has 0 spiro atoms. The Morgan fingerprint density at radius 1 is 1.38 bits per heavy atom. The second kappa shape index (κ2) is 8.16. The van der Waals surface area contributed by atoms with Crippen LogP contribution in [0.1, 0.15) is 50.6 Å². The monoisotopic (exact) mass is 312 g/mol. The molecule has 1 saturated carbocycles. The van der Waals surface area contributed by atoms with Crippen molar-refractivity contribution in [1.29, 1.82) is 0 Å². The van der Waals surface area contributed by atoms with E-state index >= 15 is 0 Å². The highest BCUT2D eigenvalue weighted by Crippen LogP contribution is 2.35. The van der Waals surface area contributed by atoms with E-state index < -0.39 is 0 Å². The quantitative estimate of drug-likeness (QED) is 0.819. The minimum absolute atomic E-state index is 0.536. The SMILES string of the molecule is CCNC1CCCCC(c2c(Cl)cnn2CCN(C)C)C1. The smallest absolute Gasteiger partial charge is 0.0820 e. The summed E-state index contributed by atoms with van der Waals surface area (Å²) in [5.74, 6) is 0.536. The Kier molecular flexibility index (Phi) is 6.52. The van der Waals surface area contributed by atoms with Gasteiger partial charge >= 0.3 is 0 Å². The molecule has 4 nitrogen and oxygen atoms in total. The number of halogens is 1. The molecular weight excluding hydrogens is 284 g/mol. The molecule has 120 valence electrons. The third-order valence-electron chi connectivity index (χ3n) is 4.40. The van der Waals surface area contributed by atoms with Crippen LogP contribution in [0.4, 0.5) is 0 Å². The van der Waals surface area contributed by atoms with Gasteiger partial charge in [-0.05, 0) is 39.9 Å². The minimum Gasteiger partial charge on any atom is -0.314 e. The molecule has 1 aromatic rings. The lowest BCUT2D eigenvalue weighted by atomic mass is 9.94. The van der Waals surface area contributed by atoms with Gasteiger partial charge in [0.05, 0.1) is 23.5 Å². The van der Waals surface area contributed by atoms with Crippen LogP contribution < -0.4 is 5.32 Å². The van der Waals surface area contributed by atoms with E-state index in [-0.39, 0.29) is 0 Å². The molecule has 1 aliphatic carbocycles. The van der Waals surface area contributed by atoms with Crippen molar-refractivity contribution in [1.82, 2.24) is 20.0 Å². The molecule has 5 heteroatoms. The van der Waals surface area contributed by atoms with E-state index in [9.17, 15) is 0 Å². The summed E-state index contributed by atoms with van der Waals surface area (Å²) >= 11 is 6.45. The van der Waals surface area contributed by atoms with Gasteiger partial charge in [-0.25, -0.2) is 0 Å². The second-order valence-electron chi connectivity index (χ2n) is 6.38. The van der Waals surface area contributed by atoms with Crippen molar-refractivity contribution in [2.75, 3.05) is 27.2 Å². The number of hydrogen-bond acceptors (Lipinski definition) is 3. The molecule has 1 fully saturated rings. The average molecular weight is 313 g/mol. The lowest BCUT2D eigenvalue weighted by molar-refractivity contribution is 0.361. The molecule has 0 saturated heterocycles. The van der Waals surface area contributed by atoms with Gasteiger partial charge in [-0.3, -0.25) is 4.68 Å². The third kappa shape index (κ3) is 4.70. The van der Waals surface area contributed by atoms with Crippen molar-refractivity contribution in [2.45, 2.75) is 57.5 Å². The van der Waals surface area contributed by atoms with E-state index in [0.29, 0.717) is 12.0 Å². The number of aromatic nitrogens is 2. The van der Waals surface area contributed by atoms with E-state index in [0.717, 1.165) is 24.7 Å². The predicted octanol–water partition coefficient (Wildman–Crippen LogP) is 3.12. The van der Waals surface area contributed by atoms with Crippen molar-refractivity contribution < 1.29 is 0 Å². The van der Waals surface area contributed by atoms with Crippen molar-refractivity contribution in [3.63, 3.8) is 0 Å². The Labute approximate surface area is 133 Å². The van der Waals surface area contributed by atoms with E-state index in [4.69, 9.17) is 11.6 Å². The molecule has 0 bridgehead atoms. The molecule has 2 atom stereocenters. The molecule has 1 N–H and O–H groups in total. The van der Waals surface area contributed by atoms with Crippen LogP contribution in [0.25, 0.3) is 0 Å². The van der Waals surface area contributed by atoms with Gasteiger partial charge in [0.2, 0.25) is 0 Å². The molecule has 2 rings (SSSR count). The van der Waals surface area contributed by atoms with Gasteiger partial charge in [-0.2, -0.15) is 5.10 Å². The molecule has 21 heavy (non-hydrogen) atoms. The average Bonchev–Trinajstić information content (AvgIpc) is 2.66. The summed E-state index contributed by atoms with van der Waals surface area (Å²) in [6, 6.07) is 0.621. The topological polar surface area (TPSA) is 33.1 Å². The first kappa shape index (κ1) is 16.8. The van der Waals surface area contributed by atoms with Crippen LogP contribution in [0.5, 0.6) is 0 Å². The number of rotatable bonds is 6. The van der Waals surface area contributed by atoms with Crippen molar-refractivity contribution in [3.05, 3.63) is 16.9 Å². The van der Waals surface area contributed by atoms with Crippen LogP contribution in [0.15, 0.2) is 6.20 Å². The fraction of sp³-hybridized carbons (Fsp3) is 0.812. The Morgan fingerprint density at radius 2 is 2.14 bits per heavy atom. The van der Waals surface area contributed by atoms with Crippen molar-refractivity contribution in [2.24, 2.45) is 0 Å². The minimum atomic E-state index is 0.536. The predicted molar refractivity (Wildman–Crippen MR) is 89.1 cm³/mol. The third-order valence-corrected chi connectivity index (χ3v) is 4.69. The van der Waals surface area contributed by atoms with E-state index in [1.54, 1.807) is 0 Å². The van der Waals surface area contributed by atoms with Crippen molar-refractivity contribution in [3.8, 4) is 0 Å². The summed E-state index contributed by atoms with van der Waals surface area (Å²) in [5.41, 5.74) is 1.25. The van der Waals surface area contributed by atoms with Crippen LogP contribution in [0.2, 0.25) is 5.02 Å². The number of nitrogens with zero attached hydrogens (tertiary/aromatic N) is 3. The number of likely N-dealkylation sites (N-methyl/N-ethyl adjacent to an activating group) is 1. The normalized spacial score (nSPS) is 23.5. The Balaban J connectivity index is 2.12. The van der Waals surface area contributed by atoms with Gasteiger partial charge in [0.25, 0.3) is 0 Å². The van der Waals surface area contributed by atoms with Crippen LogP contribution in [-0.2, 0) is 6.54 Å².